The topological polar surface area (TPSA) is 56.8 Å². The van der Waals surface area contributed by atoms with E-state index in [0.29, 0.717) is 26.4 Å². The van der Waals surface area contributed by atoms with E-state index in [-0.39, 0.29) is 11.8 Å². The summed E-state index contributed by atoms with van der Waals surface area (Å²) in [7, 11) is 1.59. The fourth-order valence-corrected chi connectivity index (χ4v) is 1.29. The maximum Gasteiger partial charge on any atom is 0.246 e. The van der Waals surface area contributed by atoms with E-state index in [9.17, 15) is 4.79 Å². The van der Waals surface area contributed by atoms with E-state index in [2.05, 4.69) is 5.48 Å². The Hall–Kier alpha value is -0.650. The van der Waals surface area contributed by atoms with Crippen LogP contribution in [0.4, 0.5) is 0 Å². The number of rotatable bonds is 5. The monoisotopic (exact) mass is 203 g/mol. The largest absolute Gasteiger partial charge is 0.382 e. The summed E-state index contributed by atoms with van der Waals surface area (Å²) >= 11 is 0. The van der Waals surface area contributed by atoms with Gasteiger partial charge in [0.2, 0.25) is 5.91 Å². The first-order valence-corrected chi connectivity index (χ1v) is 4.83. The second-order valence-electron chi connectivity index (χ2n) is 3.19. The third-order valence-electron chi connectivity index (χ3n) is 2.15. The normalized spacial score (nSPS) is 18.1. The van der Waals surface area contributed by atoms with Gasteiger partial charge >= 0.3 is 0 Å². The first-order valence-electron chi connectivity index (χ1n) is 4.83. The number of carbonyl (C=O) groups excluding carboxylic acids is 1. The minimum Gasteiger partial charge on any atom is -0.382 e. The summed E-state index contributed by atoms with van der Waals surface area (Å²) in [5.74, 6) is -0.0179. The number of ether oxygens (including phenoxy) is 2. The Morgan fingerprint density at radius 1 is 1.43 bits per heavy atom. The van der Waals surface area contributed by atoms with E-state index in [0.717, 1.165) is 12.8 Å². The third-order valence-corrected chi connectivity index (χ3v) is 2.15. The number of amides is 1. The summed E-state index contributed by atoms with van der Waals surface area (Å²) in [6.07, 6.45) is 1.55. The van der Waals surface area contributed by atoms with Crippen LogP contribution in [0, 0.1) is 5.92 Å². The molecule has 0 aromatic rings. The summed E-state index contributed by atoms with van der Waals surface area (Å²) in [5, 5.41) is 0. The highest BCUT2D eigenvalue weighted by Crippen LogP contribution is 2.14. The van der Waals surface area contributed by atoms with Crippen molar-refractivity contribution >= 4 is 5.91 Å². The van der Waals surface area contributed by atoms with Gasteiger partial charge in [0.05, 0.1) is 13.2 Å². The number of nitrogens with one attached hydrogen (secondary N) is 1. The Morgan fingerprint density at radius 3 is 2.79 bits per heavy atom. The molecule has 82 valence electrons. The molecular formula is C9H17NO4. The molecule has 5 heteroatoms. The van der Waals surface area contributed by atoms with Gasteiger partial charge in [0.15, 0.2) is 0 Å². The first-order chi connectivity index (χ1) is 6.84. The predicted molar refractivity (Wildman–Crippen MR) is 49.5 cm³/mol. The lowest BCUT2D eigenvalue weighted by molar-refractivity contribution is -0.141. The molecule has 0 spiro atoms. The Morgan fingerprint density at radius 2 is 2.14 bits per heavy atom. The van der Waals surface area contributed by atoms with Crippen molar-refractivity contribution in [1.82, 2.24) is 5.48 Å². The van der Waals surface area contributed by atoms with Crippen LogP contribution < -0.4 is 5.48 Å². The molecule has 0 radical (unpaired) electrons. The third kappa shape index (κ3) is 4.04. The van der Waals surface area contributed by atoms with E-state index >= 15 is 0 Å². The quantitative estimate of drug-likeness (QED) is 0.509. The van der Waals surface area contributed by atoms with Crippen molar-refractivity contribution in [1.29, 1.82) is 0 Å². The van der Waals surface area contributed by atoms with E-state index in [1.165, 1.54) is 0 Å². The minimum absolute atomic E-state index is 0.0336. The van der Waals surface area contributed by atoms with E-state index in [4.69, 9.17) is 14.3 Å². The Balaban J connectivity index is 2.07. The molecule has 14 heavy (non-hydrogen) atoms. The molecule has 1 N–H and O–H groups in total. The van der Waals surface area contributed by atoms with Gasteiger partial charge in [0.1, 0.15) is 0 Å². The summed E-state index contributed by atoms with van der Waals surface area (Å²) in [6, 6.07) is 0. The first kappa shape index (κ1) is 11.4. The number of hydrogen-bond acceptors (Lipinski definition) is 4. The zero-order valence-electron chi connectivity index (χ0n) is 8.45. The Kier molecular flexibility index (Phi) is 5.51. The molecule has 0 aromatic carbocycles. The van der Waals surface area contributed by atoms with Gasteiger partial charge in [-0.25, -0.2) is 5.48 Å². The SMILES string of the molecule is COCCONC(=O)C1CCOCC1. The molecule has 1 aliphatic heterocycles. The van der Waals surface area contributed by atoms with Crippen molar-refractivity contribution in [2.45, 2.75) is 12.8 Å². The van der Waals surface area contributed by atoms with Crippen molar-refractivity contribution in [3.63, 3.8) is 0 Å². The lowest BCUT2D eigenvalue weighted by atomic mass is 10.0. The molecule has 1 aliphatic rings. The average Bonchev–Trinajstić information content (AvgIpc) is 2.25. The van der Waals surface area contributed by atoms with Gasteiger partial charge in [0.25, 0.3) is 0 Å². The minimum atomic E-state index is -0.0515. The highest BCUT2D eigenvalue weighted by molar-refractivity contribution is 5.77. The van der Waals surface area contributed by atoms with Crippen LogP contribution in [0.2, 0.25) is 0 Å². The highest BCUT2D eigenvalue weighted by Gasteiger charge is 2.21. The molecule has 0 unspecified atom stereocenters. The lowest BCUT2D eigenvalue weighted by Gasteiger charge is -2.20. The van der Waals surface area contributed by atoms with Crippen molar-refractivity contribution < 1.29 is 19.1 Å². The number of carbonyl (C=O) groups is 1. The van der Waals surface area contributed by atoms with Gasteiger partial charge in [-0.3, -0.25) is 9.63 Å². The second-order valence-corrected chi connectivity index (χ2v) is 3.19. The summed E-state index contributed by atoms with van der Waals surface area (Å²) in [4.78, 5) is 16.4. The van der Waals surface area contributed by atoms with Crippen LogP contribution in [-0.2, 0) is 19.1 Å². The molecule has 0 aromatic heterocycles. The second kappa shape index (κ2) is 6.75. The van der Waals surface area contributed by atoms with Crippen LogP contribution in [0.3, 0.4) is 0 Å². The van der Waals surface area contributed by atoms with Crippen LogP contribution >= 0.6 is 0 Å². The van der Waals surface area contributed by atoms with Crippen molar-refractivity contribution in [3.8, 4) is 0 Å². The average molecular weight is 203 g/mol. The van der Waals surface area contributed by atoms with Crippen molar-refractivity contribution in [2.75, 3.05) is 33.5 Å². The van der Waals surface area contributed by atoms with Crippen LogP contribution in [0.15, 0.2) is 0 Å². The Labute approximate surface area is 83.7 Å². The van der Waals surface area contributed by atoms with Gasteiger partial charge in [-0.15, -0.1) is 0 Å². The predicted octanol–water partition coefficient (Wildman–Crippen LogP) is 0.107. The van der Waals surface area contributed by atoms with E-state index in [1.807, 2.05) is 0 Å². The Bertz CT molecular complexity index is 168. The molecule has 1 fully saturated rings. The number of hydrogen-bond donors (Lipinski definition) is 1. The van der Waals surface area contributed by atoms with Crippen molar-refractivity contribution in [3.05, 3.63) is 0 Å². The smallest absolute Gasteiger partial charge is 0.246 e. The molecule has 0 aliphatic carbocycles. The van der Waals surface area contributed by atoms with Crippen LogP contribution in [0.25, 0.3) is 0 Å². The summed E-state index contributed by atoms with van der Waals surface area (Å²) < 4.78 is 9.92. The maximum atomic E-state index is 11.4. The van der Waals surface area contributed by atoms with Crippen molar-refractivity contribution in [2.24, 2.45) is 5.92 Å². The summed E-state index contributed by atoms with van der Waals surface area (Å²) in [5.41, 5.74) is 2.41. The van der Waals surface area contributed by atoms with Gasteiger partial charge in [-0.05, 0) is 12.8 Å². The molecule has 1 saturated heterocycles. The highest BCUT2D eigenvalue weighted by atomic mass is 16.7. The zero-order chi connectivity index (χ0) is 10.2. The fraction of sp³-hybridized carbons (Fsp3) is 0.889. The standard InChI is InChI=1S/C9H17NO4/c1-12-6-7-14-10-9(11)8-2-4-13-5-3-8/h8H,2-7H2,1H3,(H,10,11). The van der Waals surface area contributed by atoms with Crippen LogP contribution in [0.1, 0.15) is 12.8 Å². The van der Waals surface area contributed by atoms with E-state index in [1.54, 1.807) is 7.11 Å². The molecule has 0 atom stereocenters. The van der Waals surface area contributed by atoms with Gasteiger partial charge < -0.3 is 9.47 Å². The molecule has 0 saturated carbocycles. The van der Waals surface area contributed by atoms with Gasteiger partial charge in [-0.1, -0.05) is 0 Å². The van der Waals surface area contributed by atoms with Crippen LogP contribution in [-0.4, -0.2) is 39.4 Å². The van der Waals surface area contributed by atoms with E-state index < -0.39 is 0 Å². The molecule has 0 bridgehead atoms. The molecule has 1 heterocycles. The van der Waals surface area contributed by atoms with Gasteiger partial charge in [-0.2, -0.15) is 0 Å². The maximum absolute atomic E-state index is 11.4. The molecule has 5 nitrogen and oxygen atoms in total. The molecule has 1 rings (SSSR count). The molecular weight excluding hydrogens is 186 g/mol. The lowest BCUT2D eigenvalue weighted by Crippen LogP contribution is -2.34. The van der Waals surface area contributed by atoms with Crippen LogP contribution in [0.5, 0.6) is 0 Å². The number of methoxy groups -OCH3 is 1. The number of hydroxylamine groups is 1. The summed E-state index contributed by atoms with van der Waals surface area (Å²) in [6.45, 7) is 2.19. The zero-order valence-corrected chi connectivity index (χ0v) is 8.45. The molecule has 1 amide bonds. The fourth-order valence-electron chi connectivity index (χ4n) is 1.29. The van der Waals surface area contributed by atoms with Gasteiger partial charge in [0, 0.05) is 26.2 Å².